The number of rotatable bonds is 0. The second kappa shape index (κ2) is 5.58. The van der Waals surface area contributed by atoms with Crippen molar-refractivity contribution >= 4 is 35.9 Å². The number of carbonyl (C=O) groups is 2. The number of hydrogen-bond acceptors (Lipinski definition) is 4. The normalized spacial score (nSPS) is 16.0. The van der Waals surface area contributed by atoms with Crippen LogP contribution in [-0.2, 0) is 9.59 Å². The maximum atomic E-state index is 12.3. The highest BCUT2D eigenvalue weighted by atomic mass is 16.5. The van der Waals surface area contributed by atoms with Crippen LogP contribution in [0.25, 0.3) is 24.3 Å². The number of carbonyl (C=O) groups excluding carboxylic acids is 2. The van der Waals surface area contributed by atoms with Crippen LogP contribution in [-0.4, -0.2) is 36.8 Å². The third-order valence-corrected chi connectivity index (χ3v) is 4.53. The van der Waals surface area contributed by atoms with Crippen molar-refractivity contribution in [3.63, 3.8) is 0 Å². The zero-order chi connectivity index (χ0) is 18.5. The molecule has 8 bridgehead atoms. The number of aromatic nitrogens is 3. The summed E-state index contributed by atoms with van der Waals surface area (Å²) in [4.78, 5) is 34.2. The van der Waals surface area contributed by atoms with Crippen molar-refractivity contribution in [1.29, 1.82) is 0 Å². The molecule has 0 aromatic carbocycles. The zero-order valence-corrected chi connectivity index (χ0v) is 14.0. The third kappa shape index (κ3) is 2.57. The van der Waals surface area contributed by atoms with E-state index in [-0.39, 0.29) is 11.4 Å². The van der Waals surface area contributed by atoms with Crippen molar-refractivity contribution in [2.45, 2.75) is 0 Å². The summed E-state index contributed by atoms with van der Waals surface area (Å²) in [6.07, 6.45) is 6.76. The molecule has 3 aromatic heterocycles. The number of fused-ring (bicyclic) bond motifs is 8. The van der Waals surface area contributed by atoms with Gasteiger partial charge < -0.3 is 15.0 Å². The van der Waals surface area contributed by atoms with E-state index in [0.717, 1.165) is 22.1 Å². The Kier molecular flexibility index (Phi) is 3.19. The first-order chi connectivity index (χ1) is 13.1. The minimum Gasteiger partial charge on any atom is -0.355 e. The van der Waals surface area contributed by atoms with Crippen LogP contribution in [0, 0.1) is 0 Å². The van der Waals surface area contributed by atoms with Crippen molar-refractivity contribution in [2.75, 3.05) is 0 Å². The summed E-state index contributed by atoms with van der Waals surface area (Å²) >= 11 is 0. The van der Waals surface area contributed by atoms with E-state index in [1.807, 2.05) is 36.4 Å². The summed E-state index contributed by atoms with van der Waals surface area (Å²) in [5, 5.41) is 12.8. The fourth-order valence-corrected chi connectivity index (χ4v) is 3.23. The van der Waals surface area contributed by atoms with Gasteiger partial charge in [-0.05, 0) is 60.7 Å². The number of hydroxylamine groups is 2. The van der Waals surface area contributed by atoms with E-state index < -0.39 is 11.6 Å². The molecule has 27 heavy (non-hydrogen) atoms. The quantitative estimate of drug-likeness (QED) is 0.448. The summed E-state index contributed by atoms with van der Waals surface area (Å²) in [5.74, 6) is -1.50. The minimum atomic E-state index is -0.750. The standard InChI is InChI=1S/C20H14N4O3/c25-19-17-9-15-5-3-13(22-15)7-11-1-2-12(21-11)8-14-4-6-16(23-14)10-18(20(19)26)24(17)27/h1-10,21-23,27H. The molecule has 0 spiro atoms. The van der Waals surface area contributed by atoms with E-state index in [1.54, 1.807) is 12.1 Å². The first-order valence-electron chi connectivity index (χ1n) is 8.35. The number of hydrogen-bond donors (Lipinski definition) is 4. The molecule has 5 heterocycles. The van der Waals surface area contributed by atoms with Gasteiger partial charge >= 0.3 is 0 Å². The highest BCUT2D eigenvalue weighted by Gasteiger charge is 2.38. The van der Waals surface area contributed by atoms with Crippen molar-refractivity contribution in [1.82, 2.24) is 20.0 Å². The fraction of sp³-hybridized carbons (Fsp3) is 0. The fourth-order valence-electron chi connectivity index (χ4n) is 3.23. The maximum Gasteiger partial charge on any atom is 0.254 e. The molecular weight excluding hydrogens is 344 g/mol. The molecule has 0 saturated carbocycles. The van der Waals surface area contributed by atoms with Gasteiger partial charge in [-0.15, -0.1) is 0 Å². The average Bonchev–Trinajstić information content (AvgIpc) is 3.40. The Bertz CT molecular complexity index is 1190. The Hall–Kier alpha value is -3.84. The molecule has 7 nitrogen and oxygen atoms in total. The number of allylic oxidation sites excluding steroid dienone is 2. The molecule has 0 atom stereocenters. The Morgan fingerprint density at radius 3 is 1.44 bits per heavy atom. The van der Waals surface area contributed by atoms with Crippen LogP contribution in [0.2, 0.25) is 0 Å². The lowest BCUT2D eigenvalue weighted by atomic mass is 10.2. The number of Topliss-reactive ketones (excluding diaryl/α,β-unsaturated/α-hetero) is 2. The second-order valence-electron chi connectivity index (χ2n) is 6.42. The van der Waals surface area contributed by atoms with Gasteiger partial charge in [-0.2, -0.15) is 0 Å². The molecular formula is C20H14N4O3. The predicted octanol–water partition coefficient (Wildman–Crippen LogP) is 0.867. The van der Waals surface area contributed by atoms with Gasteiger partial charge in [0.25, 0.3) is 11.6 Å². The molecule has 0 radical (unpaired) electrons. The van der Waals surface area contributed by atoms with Crippen molar-refractivity contribution in [2.24, 2.45) is 0 Å². The molecule has 7 heteroatoms. The summed E-state index contributed by atoms with van der Waals surface area (Å²) in [7, 11) is 0. The number of ketones is 2. The van der Waals surface area contributed by atoms with Crippen LogP contribution < -0.4 is 10.7 Å². The number of nitrogens with one attached hydrogen (secondary N) is 3. The van der Waals surface area contributed by atoms with Gasteiger partial charge in [-0.3, -0.25) is 14.8 Å². The molecule has 4 N–H and O–H groups in total. The molecule has 0 aliphatic carbocycles. The monoisotopic (exact) mass is 358 g/mol. The van der Waals surface area contributed by atoms with Gasteiger partial charge in [-0.1, -0.05) is 0 Å². The number of H-pyrrole nitrogens is 3. The van der Waals surface area contributed by atoms with E-state index in [2.05, 4.69) is 15.0 Å². The Morgan fingerprint density at radius 2 is 1.00 bits per heavy atom. The van der Waals surface area contributed by atoms with E-state index in [1.165, 1.54) is 12.2 Å². The summed E-state index contributed by atoms with van der Waals surface area (Å²) in [5.41, 5.74) is 2.66. The van der Waals surface area contributed by atoms with Gasteiger partial charge in [0.05, 0.1) is 0 Å². The maximum absolute atomic E-state index is 12.3. The van der Waals surface area contributed by atoms with Crippen LogP contribution in [0.1, 0.15) is 22.8 Å². The molecule has 0 amide bonds. The highest BCUT2D eigenvalue weighted by molar-refractivity contribution is 6.52. The number of aromatic amines is 3. The second-order valence-corrected chi connectivity index (χ2v) is 6.42. The molecule has 1 saturated heterocycles. The van der Waals surface area contributed by atoms with E-state index >= 15 is 0 Å². The Morgan fingerprint density at radius 1 is 0.593 bits per heavy atom. The summed E-state index contributed by atoms with van der Waals surface area (Å²) in [6.45, 7) is 0. The van der Waals surface area contributed by atoms with Gasteiger partial charge in [-0.25, -0.2) is 5.06 Å². The zero-order valence-electron chi connectivity index (χ0n) is 14.0. The molecule has 5 rings (SSSR count). The lowest BCUT2D eigenvalue weighted by Gasteiger charge is -2.09. The van der Waals surface area contributed by atoms with E-state index in [0.29, 0.717) is 16.5 Å². The van der Waals surface area contributed by atoms with Crippen molar-refractivity contribution in [3.8, 4) is 0 Å². The molecule has 1 fully saturated rings. The molecule has 0 unspecified atom stereocenters. The van der Waals surface area contributed by atoms with Gasteiger partial charge in [0.1, 0.15) is 11.4 Å². The lowest BCUT2D eigenvalue weighted by Crippen LogP contribution is -2.12. The summed E-state index contributed by atoms with van der Waals surface area (Å²) in [6, 6.07) is 11.2. The SMILES string of the molecule is O=C1C(=O)C2=Cc3ccc([nH]3)C=c3ccc([nH]3)=Cc3ccc([nH]3)C=C1N2O. The topological polar surface area (TPSA) is 105 Å². The molecule has 2 aliphatic rings. The van der Waals surface area contributed by atoms with E-state index in [9.17, 15) is 14.8 Å². The van der Waals surface area contributed by atoms with Crippen LogP contribution in [0.3, 0.4) is 0 Å². The van der Waals surface area contributed by atoms with Crippen LogP contribution >= 0.6 is 0 Å². The van der Waals surface area contributed by atoms with Crippen molar-refractivity contribution in [3.05, 3.63) is 81.3 Å². The van der Waals surface area contributed by atoms with Crippen LogP contribution in [0.5, 0.6) is 0 Å². The van der Waals surface area contributed by atoms with Crippen molar-refractivity contribution < 1.29 is 14.8 Å². The Balaban J connectivity index is 1.77. The van der Waals surface area contributed by atoms with Gasteiger partial charge in [0.2, 0.25) is 0 Å². The molecule has 3 aromatic rings. The summed E-state index contributed by atoms with van der Waals surface area (Å²) < 4.78 is 0. The van der Waals surface area contributed by atoms with Gasteiger partial charge in [0, 0.05) is 33.5 Å². The largest absolute Gasteiger partial charge is 0.355 e. The van der Waals surface area contributed by atoms with Crippen LogP contribution in [0.4, 0.5) is 0 Å². The van der Waals surface area contributed by atoms with E-state index in [4.69, 9.17) is 0 Å². The average molecular weight is 358 g/mol. The molecule has 2 aliphatic heterocycles. The first-order valence-corrected chi connectivity index (χ1v) is 8.35. The predicted molar refractivity (Wildman–Crippen MR) is 98.4 cm³/mol. The number of nitrogens with zero attached hydrogens (tertiary/aromatic N) is 1. The third-order valence-electron chi connectivity index (χ3n) is 4.53. The first kappa shape index (κ1) is 15.4. The minimum absolute atomic E-state index is 0.0905. The Labute approximate surface area is 152 Å². The highest BCUT2D eigenvalue weighted by Crippen LogP contribution is 2.26. The smallest absolute Gasteiger partial charge is 0.254 e. The lowest BCUT2D eigenvalue weighted by molar-refractivity contribution is -0.130. The van der Waals surface area contributed by atoms with Crippen LogP contribution in [0.15, 0.2) is 47.8 Å². The van der Waals surface area contributed by atoms with Gasteiger partial charge in [0.15, 0.2) is 0 Å². The molecule has 132 valence electrons.